The van der Waals surface area contributed by atoms with Crippen LogP contribution in [0.1, 0.15) is 10.4 Å². The summed E-state index contributed by atoms with van der Waals surface area (Å²) in [5, 5.41) is 5.42. The summed E-state index contributed by atoms with van der Waals surface area (Å²) in [5.41, 5.74) is 1.08. The van der Waals surface area contributed by atoms with Gasteiger partial charge in [0.25, 0.3) is 5.91 Å². The maximum absolute atomic E-state index is 12.3. The minimum absolute atomic E-state index is 0.147. The molecule has 0 aliphatic carbocycles. The van der Waals surface area contributed by atoms with E-state index in [2.05, 4.69) is 16.6 Å². The van der Waals surface area contributed by atoms with Crippen LogP contribution in [0, 0.1) is 12.3 Å². The van der Waals surface area contributed by atoms with Crippen LogP contribution in [0.2, 0.25) is 0 Å². The highest BCUT2D eigenvalue weighted by atomic mass is 32.2. The van der Waals surface area contributed by atoms with E-state index < -0.39 is 0 Å². The molecule has 0 aromatic heterocycles. The molecule has 2 rings (SSSR count). The van der Waals surface area contributed by atoms with Crippen LogP contribution in [0.4, 0.5) is 5.69 Å². The van der Waals surface area contributed by atoms with Gasteiger partial charge in [0, 0.05) is 16.6 Å². The second-order valence-electron chi connectivity index (χ2n) is 5.29. The van der Waals surface area contributed by atoms with Crippen molar-refractivity contribution in [2.45, 2.75) is 4.90 Å². The Balaban J connectivity index is 2.00. The lowest BCUT2D eigenvalue weighted by Gasteiger charge is -2.11. The molecule has 0 saturated carbocycles. The quantitative estimate of drug-likeness (QED) is 0.541. The molecule has 0 heterocycles. The van der Waals surface area contributed by atoms with Gasteiger partial charge in [-0.2, -0.15) is 0 Å². The van der Waals surface area contributed by atoms with Crippen molar-refractivity contribution in [2.75, 3.05) is 31.8 Å². The predicted octanol–water partition coefficient (Wildman–Crippen LogP) is 2.80. The molecule has 0 unspecified atom stereocenters. The molecule has 2 N–H and O–H groups in total. The Hall–Kier alpha value is -3.11. The van der Waals surface area contributed by atoms with Crippen molar-refractivity contribution in [1.82, 2.24) is 5.32 Å². The summed E-state index contributed by atoms with van der Waals surface area (Å²) in [5.74, 6) is 3.14. The summed E-state index contributed by atoms with van der Waals surface area (Å²) in [7, 11) is 3.07. The first-order chi connectivity index (χ1) is 13.1. The lowest BCUT2D eigenvalue weighted by atomic mass is 10.2. The van der Waals surface area contributed by atoms with Crippen LogP contribution in [0.25, 0.3) is 0 Å². The molecular formula is C20H20N2O4S. The van der Waals surface area contributed by atoms with E-state index in [1.165, 1.54) is 18.9 Å². The minimum atomic E-state index is -0.267. The molecule has 6 nitrogen and oxygen atoms in total. The highest BCUT2D eigenvalue weighted by Crippen LogP contribution is 2.30. The van der Waals surface area contributed by atoms with Gasteiger partial charge in [-0.15, -0.1) is 18.2 Å². The number of rotatable bonds is 8. The smallest absolute Gasteiger partial charge is 0.253 e. The summed E-state index contributed by atoms with van der Waals surface area (Å²) in [4.78, 5) is 25.1. The van der Waals surface area contributed by atoms with Crippen LogP contribution in [0.5, 0.6) is 11.5 Å². The Morgan fingerprint density at radius 2 is 1.85 bits per heavy atom. The van der Waals surface area contributed by atoms with Crippen LogP contribution >= 0.6 is 11.8 Å². The van der Waals surface area contributed by atoms with E-state index in [9.17, 15) is 9.59 Å². The first-order valence-corrected chi connectivity index (χ1v) is 9.03. The summed E-state index contributed by atoms with van der Waals surface area (Å²) in [6, 6.07) is 12.2. The molecule has 0 aliphatic rings. The molecule has 2 aromatic rings. The molecule has 27 heavy (non-hydrogen) atoms. The standard InChI is InChI=1S/C20H20N2O4S/c1-4-11-21-20(24)15-7-5-6-8-18(15)27-13-19(23)22-14-9-10-16(25-2)17(12-14)26-3/h1,5-10,12H,11,13H2,2-3H3,(H,21,24)(H,22,23). The highest BCUT2D eigenvalue weighted by Gasteiger charge is 2.13. The Kier molecular flexibility index (Phi) is 7.59. The number of methoxy groups -OCH3 is 2. The monoisotopic (exact) mass is 384 g/mol. The largest absolute Gasteiger partial charge is 0.493 e. The maximum Gasteiger partial charge on any atom is 0.253 e. The van der Waals surface area contributed by atoms with Gasteiger partial charge in [-0.05, 0) is 24.3 Å². The maximum atomic E-state index is 12.3. The molecule has 0 atom stereocenters. The molecule has 0 aliphatic heterocycles. The van der Waals surface area contributed by atoms with Crippen molar-refractivity contribution in [2.24, 2.45) is 0 Å². The van der Waals surface area contributed by atoms with Gasteiger partial charge in [0.15, 0.2) is 11.5 Å². The number of carbonyl (C=O) groups is 2. The fourth-order valence-electron chi connectivity index (χ4n) is 2.26. The predicted molar refractivity (Wildman–Crippen MR) is 107 cm³/mol. The first-order valence-electron chi connectivity index (χ1n) is 8.04. The van der Waals surface area contributed by atoms with Crippen LogP contribution in [-0.2, 0) is 4.79 Å². The van der Waals surface area contributed by atoms with E-state index in [0.717, 1.165) is 0 Å². The van der Waals surface area contributed by atoms with Crippen LogP contribution in [-0.4, -0.2) is 38.3 Å². The molecule has 2 amide bonds. The Morgan fingerprint density at radius 1 is 1.11 bits per heavy atom. The number of carbonyl (C=O) groups excluding carboxylic acids is 2. The van der Waals surface area contributed by atoms with E-state index in [0.29, 0.717) is 27.6 Å². The molecular weight excluding hydrogens is 364 g/mol. The highest BCUT2D eigenvalue weighted by molar-refractivity contribution is 8.00. The van der Waals surface area contributed by atoms with Gasteiger partial charge in [0.05, 0.1) is 32.1 Å². The number of ether oxygens (including phenoxy) is 2. The Morgan fingerprint density at radius 3 is 2.56 bits per heavy atom. The zero-order chi connectivity index (χ0) is 19.6. The number of hydrogen-bond donors (Lipinski definition) is 2. The Bertz CT molecular complexity index is 861. The summed E-state index contributed by atoms with van der Waals surface area (Å²) in [6.45, 7) is 0.150. The van der Waals surface area contributed by atoms with Gasteiger partial charge in [-0.1, -0.05) is 18.1 Å². The van der Waals surface area contributed by atoms with Gasteiger partial charge in [-0.25, -0.2) is 0 Å². The SMILES string of the molecule is C#CCNC(=O)c1ccccc1SCC(=O)Nc1ccc(OC)c(OC)c1. The van der Waals surface area contributed by atoms with Gasteiger partial charge < -0.3 is 20.1 Å². The lowest BCUT2D eigenvalue weighted by Crippen LogP contribution is -2.24. The molecule has 0 spiro atoms. The number of nitrogens with one attached hydrogen (secondary N) is 2. The minimum Gasteiger partial charge on any atom is -0.493 e. The third-order valence-corrected chi connectivity index (χ3v) is 4.58. The number of benzene rings is 2. The summed E-state index contributed by atoms with van der Waals surface area (Å²) >= 11 is 1.27. The molecule has 0 radical (unpaired) electrons. The van der Waals surface area contributed by atoms with Gasteiger partial charge in [-0.3, -0.25) is 9.59 Å². The molecule has 0 fully saturated rings. The van der Waals surface area contributed by atoms with E-state index in [1.807, 2.05) is 6.07 Å². The van der Waals surface area contributed by atoms with Crippen LogP contribution in [0.15, 0.2) is 47.4 Å². The second kappa shape index (κ2) is 10.1. The average Bonchev–Trinajstić information content (AvgIpc) is 2.70. The van der Waals surface area contributed by atoms with Crippen molar-refractivity contribution in [3.63, 3.8) is 0 Å². The van der Waals surface area contributed by atoms with Crippen molar-refractivity contribution >= 4 is 29.3 Å². The number of thioether (sulfide) groups is 1. The normalized spacial score (nSPS) is 9.81. The van der Waals surface area contributed by atoms with Crippen molar-refractivity contribution in [1.29, 1.82) is 0 Å². The van der Waals surface area contributed by atoms with Crippen molar-refractivity contribution in [3.8, 4) is 23.8 Å². The number of terminal acetylenes is 1. The van der Waals surface area contributed by atoms with Gasteiger partial charge in [0.2, 0.25) is 5.91 Å². The fourth-order valence-corrected chi connectivity index (χ4v) is 3.11. The number of amides is 2. The molecule has 0 bridgehead atoms. The molecule has 0 saturated heterocycles. The fraction of sp³-hybridized carbons (Fsp3) is 0.200. The van der Waals surface area contributed by atoms with Crippen molar-refractivity contribution < 1.29 is 19.1 Å². The molecule has 2 aromatic carbocycles. The zero-order valence-electron chi connectivity index (χ0n) is 15.1. The van der Waals surface area contributed by atoms with Gasteiger partial charge >= 0.3 is 0 Å². The summed E-state index contributed by atoms with van der Waals surface area (Å²) in [6.07, 6.45) is 5.16. The van der Waals surface area contributed by atoms with E-state index in [-0.39, 0.29) is 24.1 Å². The van der Waals surface area contributed by atoms with Crippen LogP contribution in [0.3, 0.4) is 0 Å². The third-order valence-electron chi connectivity index (χ3n) is 3.51. The van der Waals surface area contributed by atoms with Gasteiger partial charge in [0.1, 0.15) is 0 Å². The molecule has 140 valence electrons. The average molecular weight is 384 g/mol. The van der Waals surface area contributed by atoms with E-state index in [4.69, 9.17) is 15.9 Å². The number of hydrogen-bond acceptors (Lipinski definition) is 5. The Labute approximate surface area is 162 Å². The van der Waals surface area contributed by atoms with Crippen molar-refractivity contribution in [3.05, 3.63) is 48.0 Å². The second-order valence-corrected chi connectivity index (χ2v) is 6.31. The van der Waals surface area contributed by atoms with E-state index in [1.54, 1.807) is 43.5 Å². The van der Waals surface area contributed by atoms with E-state index >= 15 is 0 Å². The first kappa shape index (κ1) is 20.2. The van der Waals surface area contributed by atoms with Crippen LogP contribution < -0.4 is 20.1 Å². The topological polar surface area (TPSA) is 76.7 Å². The number of anilines is 1. The lowest BCUT2D eigenvalue weighted by molar-refractivity contribution is -0.113. The zero-order valence-corrected chi connectivity index (χ0v) is 15.9. The molecule has 7 heteroatoms. The summed E-state index contributed by atoms with van der Waals surface area (Å²) < 4.78 is 10.4. The third kappa shape index (κ3) is 5.69.